The number of carbonyl (C=O) groups is 1. The van der Waals surface area contributed by atoms with E-state index in [1.54, 1.807) is 6.92 Å². The Morgan fingerprint density at radius 3 is 2.68 bits per heavy atom. The molecule has 1 amide bonds. The highest BCUT2D eigenvalue weighted by Crippen LogP contribution is 2.16. The van der Waals surface area contributed by atoms with Crippen LogP contribution in [0.15, 0.2) is 0 Å². The number of carbonyl (C=O) groups excluding carboxylic acids is 1. The Bertz CT molecular complexity index is 293. The third-order valence-electron chi connectivity index (χ3n) is 4.24. The van der Waals surface area contributed by atoms with Gasteiger partial charge in [-0.25, -0.2) is 0 Å². The molecule has 19 heavy (non-hydrogen) atoms. The maximum atomic E-state index is 11.1. The summed E-state index contributed by atoms with van der Waals surface area (Å²) in [4.78, 5) is 15.9. The van der Waals surface area contributed by atoms with Crippen LogP contribution in [-0.2, 0) is 4.79 Å². The zero-order chi connectivity index (χ0) is 14.5. The number of nitrogens with zero attached hydrogens (tertiary/aromatic N) is 2. The molecule has 1 rings (SSSR count). The molecule has 112 valence electrons. The molecular weight excluding hydrogens is 240 g/mol. The van der Waals surface area contributed by atoms with E-state index in [1.165, 1.54) is 19.4 Å². The molecule has 0 radical (unpaired) electrons. The first-order valence-corrected chi connectivity index (χ1v) is 7.30. The SMILES string of the molecule is CN(CCCCC(C)(N)C(N)=O)CC1CCCN1C. The molecule has 0 aromatic rings. The standard InChI is InChI=1S/C14H30N4O/c1-14(16,13(15)19)8-4-5-9-17(2)11-12-7-6-10-18(12)3/h12H,4-11,16H2,1-3H3,(H2,15,19). The normalized spacial score (nSPS) is 23.7. The van der Waals surface area contributed by atoms with E-state index in [2.05, 4.69) is 23.9 Å². The van der Waals surface area contributed by atoms with Crippen molar-refractivity contribution in [2.45, 2.75) is 50.6 Å². The highest BCUT2D eigenvalue weighted by molar-refractivity contribution is 5.83. The number of amides is 1. The lowest BCUT2D eigenvalue weighted by molar-refractivity contribution is -0.122. The van der Waals surface area contributed by atoms with Crippen molar-refractivity contribution in [1.82, 2.24) is 9.80 Å². The summed E-state index contributed by atoms with van der Waals surface area (Å²) in [6.45, 7) is 5.13. The number of hydrogen-bond acceptors (Lipinski definition) is 4. The highest BCUT2D eigenvalue weighted by atomic mass is 16.1. The zero-order valence-electron chi connectivity index (χ0n) is 12.7. The van der Waals surface area contributed by atoms with Crippen molar-refractivity contribution in [3.63, 3.8) is 0 Å². The minimum absolute atomic E-state index is 0.409. The number of likely N-dealkylation sites (tertiary alicyclic amines) is 1. The molecule has 1 saturated heterocycles. The molecule has 0 aliphatic carbocycles. The third kappa shape index (κ3) is 5.47. The Morgan fingerprint density at radius 2 is 2.16 bits per heavy atom. The molecule has 1 heterocycles. The summed E-state index contributed by atoms with van der Waals surface area (Å²) in [6.07, 6.45) is 5.30. The summed E-state index contributed by atoms with van der Waals surface area (Å²) in [5.41, 5.74) is 10.2. The first-order valence-electron chi connectivity index (χ1n) is 7.30. The van der Waals surface area contributed by atoms with Gasteiger partial charge in [-0.15, -0.1) is 0 Å². The van der Waals surface area contributed by atoms with Gasteiger partial charge in [0.25, 0.3) is 0 Å². The predicted molar refractivity (Wildman–Crippen MR) is 78.8 cm³/mol. The summed E-state index contributed by atoms with van der Waals surface area (Å²) >= 11 is 0. The Kier molecular flexibility index (Phi) is 6.23. The van der Waals surface area contributed by atoms with Gasteiger partial charge in [-0.1, -0.05) is 0 Å². The van der Waals surface area contributed by atoms with Crippen molar-refractivity contribution in [2.75, 3.05) is 33.7 Å². The topological polar surface area (TPSA) is 75.6 Å². The molecule has 1 aliphatic rings. The quantitative estimate of drug-likeness (QED) is 0.626. The van der Waals surface area contributed by atoms with Crippen molar-refractivity contribution < 1.29 is 4.79 Å². The van der Waals surface area contributed by atoms with Crippen molar-refractivity contribution in [3.05, 3.63) is 0 Å². The fourth-order valence-corrected chi connectivity index (χ4v) is 2.66. The molecule has 1 fully saturated rings. The zero-order valence-corrected chi connectivity index (χ0v) is 12.7. The van der Waals surface area contributed by atoms with Crippen LogP contribution in [0.25, 0.3) is 0 Å². The number of likely N-dealkylation sites (N-methyl/N-ethyl adjacent to an activating group) is 2. The lowest BCUT2D eigenvalue weighted by atomic mass is 9.95. The number of nitrogens with two attached hydrogens (primary N) is 2. The van der Waals surface area contributed by atoms with E-state index in [4.69, 9.17) is 11.5 Å². The summed E-state index contributed by atoms with van der Waals surface area (Å²) in [7, 11) is 4.38. The summed E-state index contributed by atoms with van der Waals surface area (Å²) in [5.74, 6) is -0.409. The first-order chi connectivity index (χ1) is 8.83. The van der Waals surface area contributed by atoms with Gasteiger partial charge in [-0.05, 0) is 66.2 Å². The molecule has 0 aromatic heterocycles. The van der Waals surface area contributed by atoms with E-state index < -0.39 is 11.4 Å². The Labute approximate surface area is 117 Å². The second-order valence-electron chi connectivity index (χ2n) is 6.28. The number of unbranched alkanes of at least 4 members (excludes halogenated alkanes) is 1. The molecule has 1 aliphatic heterocycles. The Morgan fingerprint density at radius 1 is 1.47 bits per heavy atom. The molecule has 0 aromatic carbocycles. The number of hydrogen-bond donors (Lipinski definition) is 2. The lowest BCUT2D eigenvalue weighted by Crippen LogP contribution is -2.49. The molecule has 5 nitrogen and oxygen atoms in total. The maximum absolute atomic E-state index is 11.1. The molecule has 4 N–H and O–H groups in total. The molecule has 0 bridgehead atoms. The van der Waals surface area contributed by atoms with Gasteiger partial charge in [0.05, 0.1) is 5.54 Å². The predicted octanol–water partition coefficient (Wildman–Crippen LogP) is 0.385. The van der Waals surface area contributed by atoms with Crippen LogP contribution in [0, 0.1) is 0 Å². The summed E-state index contributed by atoms with van der Waals surface area (Å²) in [5, 5.41) is 0. The largest absolute Gasteiger partial charge is 0.368 e. The van der Waals surface area contributed by atoms with Gasteiger partial charge in [0.1, 0.15) is 0 Å². The van der Waals surface area contributed by atoms with E-state index in [0.29, 0.717) is 12.5 Å². The summed E-state index contributed by atoms with van der Waals surface area (Å²) in [6, 6.07) is 0.704. The monoisotopic (exact) mass is 270 g/mol. The molecule has 2 unspecified atom stereocenters. The second-order valence-corrected chi connectivity index (χ2v) is 6.28. The third-order valence-corrected chi connectivity index (χ3v) is 4.24. The van der Waals surface area contributed by atoms with Crippen LogP contribution in [0.5, 0.6) is 0 Å². The van der Waals surface area contributed by atoms with Gasteiger partial charge in [-0.3, -0.25) is 4.79 Å². The fourth-order valence-electron chi connectivity index (χ4n) is 2.66. The van der Waals surface area contributed by atoms with Gasteiger partial charge in [0.15, 0.2) is 0 Å². The molecule has 2 atom stereocenters. The van der Waals surface area contributed by atoms with E-state index >= 15 is 0 Å². The molecule has 5 heteroatoms. The van der Waals surface area contributed by atoms with Gasteiger partial charge >= 0.3 is 0 Å². The molecule has 0 spiro atoms. The average molecular weight is 270 g/mol. The minimum Gasteiger partial charge on any atom is -0.368 e. The first kappa shape index (κ1) is 16.4. The van der Waals surface area contributed by atoms with Gasteiger partial charge in [0, 0.05) is 12.6 Å². The molecule has 0 saturated carbocycles. The number of primary amides is 1. The fraction of sp³-hybridized carbons (Fsp3) is 0.929. The van der Waals surface area contributed by atoms with Crippen LogP contribution < -0.4 is 11.5 Å². The van der Waals surface area contributed by atoms with Crippen LogP contribution >= 0.6 is 0 Å². The van der Waals surface area contributed by atoms with Crippen molar-refractivity contribution in [1.29, 1.82) is 0 Å². The van der Waals surface area contributed by atoms with E-state index in [1.807, 2.05) is 0 Å². The lowest BCUT2D eigenvalue weighted by Gasteiger charge is -2.26. The van der Waals surface area contributed by atoms with E-state index in [-0.39, 0.29) is 0 Å². The summed E-state index contributed by atoms with van der Waals surface area (Å²) < 4.78 is 0. The van der Waals surface area contributed by atoms with Crippen LogP contribution in [0.4, 0.5) is 0 Å². The number of rotatable bonds is 8. The maximum Gasteiger partial charge on any atom is 0.237 e. The van der Waals surface area contributed by atoms with E-state index in [9.17, 15) is 4.79 Å². The van der Waals surface area contributed by atoms with Gasteiger partial charge in [-0.2, -0.15) is 0 Å². The van der Waals surface area contributed by atoms with Crippen molar-refractivity contribution in [3.8, 4) is 0 Å². The van der Waals surface area contributed by atoms with Crippen LogP contribution in [0.3, 0.4) is 0 Å². The van der Waals surface area contributed by atoms with Gasteiger partial charge in [0.2, 0.25) is 5.91 Å². The smallest absolute Gasteiger partial charge is 0.237 e. The van der Waals surface area contributed by atoms with Crippen LogP contribution in [0.1, 0.15) is 39.0 Å². The van der Waals surface area contributed by atoms with Crippen LogP contribution in [-0.4, -0.2) is 61.0 Å². The molecular formula is C14H30N4O. The average Bonchev–Trinajstić information content (AvgIpc) is 2.70. The Balaban J connectivity index is 2.13. The van der Waals surface area contributed by atoms with Gasteiger partial charge < -0.3 is 21.3 Å². The highest BCUT2D eigenvalue weighted by Gasteiger charge is 2.25. The van der Waals surface area contributed by atoms with Crippen LogP contribution in [0.2, 0.25) is 0 Å². The van der Waals surface area contributed by atoms with Crippen molar-refractivity contribution in [2.24, 2.45) is 11.5 Å². The second kappa shape index (κ2) is 7.22. The Hall–Kier alpha value is -0.650. The minimum atomic E-state index is -0.857. The van der Waals surface area contributed by atoms with E-state index in [0.717, 1.165) is 25.9 Å². The van der Waals surface area contributed by atoms with Crippen molar-refractivity contribution >= 4 is 5.91 Å².